The summed E-state index contributed by atoms with van der Waals surface area (Å²) in [4.78, 5) is 59.9. The molecule has 35 heavy (non-hydrogen) atoms. The molecule has 1 heterocycles. The zero-order valence-corrected chi connectivity index (χ0v) is 20.6. The lowest BCUT2D eigenvalue weighted by Crippen LogP contribution is -2.56. The number of aromatic nitrogens is 2. The Hall–Kier alpha value is -3.33. The van der Waals surface area contributed by atoms with Gasteiger partial charge >= 0.3 is 5.97 Å². The second-order valence-electron chi connectivity index (χ2n) is 7.81. The van der Waals surface area contributed by atoms with Crippen LogP contribution in [-0.4, -0.2) is 87.4 Å². The van der Waals surface area contributed by atoms with Gasteiger partial charge in [0.25, 0.3) is 0 Å². The lowest BCUT2D eigenvalue weighted by atomic mass is 10.1. The zero-order chi connectivity index (χ0) is 26.4. The minimum Gasteiger partial charge on any atom is -0.480 e. The number of nitrogens with zero attached hydrogens (tertiary/aromatic N) is 2. The summed E-state index contributed by atoms with van der Waals surface area (Å²) >= 11 is 1.45. The average Bonchev–Trinajstić information content (AvgIpc) is 3.30. The first-order valence-electron chi connectivity index (χ1n) is 11.0. The number of carbonyl (C=O) groups is 4. The van der Waals surface area contributed by atoms with Crippen LogP contribution < -0.4 is 33.2 Å². The number of aromatic amines is 1. The summed E-state index contributed by atoms with van der Waals surface area (Å²) in [7, 11) is 0. The largest absolute Gasteiger partial charge is 0.480 e. The monoisotopic (exact) mass is 513 g/mol. The van der Waals surface area contributed by atoms with E-state index >= 15 is 0 Å². The Bertz CT molecular complexity index is 861. The third-order valence-corrected chi connectivity index (χ3v) is 5.53. The molecule has 0 aromatic carbocycles. The van der Waals surface area contributed by atoms with E-state index in [0.717, 1.165) is 0 Å². The van der Waals surface area contributed by atoms with Crippen LogP contribution in [-0.2, 0) is 25.6 Å². The highest BCUT2D eigenvalue weighted by Gasteiger charge is 2.28. The van der Waals surface area contributed by atoms with E-state index in [1.165, 1.54) is 31.2 Å². The number of thioether (sulfide) groups is 1. The summed E-state index contributed by atoms with van der Waals surface area (Å²) in [6, 6.07) is -4.09. The van der Waals surface area contributed by atoms with Gasteiger partial charge in [-0.05, 0) is 38.2 Å². The second-order valence-corrected chi connectivity index (χ2v) is 8.79. The average molecular weight is 514 g/mol. The van der Waals surface area contributed by atoms with Crippen LogP contribution in [0.1, 0.15) is 31.9 Å². The van der Waals surface area contributed by atoms with Crippen molar-refractivity contribution in [1.29, 1.82) is 0 Å². The summed E-state index contributed by atoms with van der Waals surface area (Å²) in [5.41, 5.74) is 17.2. The number of hydrogen-bond donors (Lipinski definition) is 8. The molecule has 0 aliphatic carbocycles. The topological polar surface area (TPSA) is 244 Å². The van der Waals surface area contributed by atoms with E-state index < -0.39 is 47.9 Å². The Morgan fingerprint density at radius 1 is 1.11 bits per heavy atom. The number of H-pyrrole nitrogens is 1. The first kappa shape index (κ1) is 29.7. The molecular weight excluding hydrogens is 478 g/mol. The normalized spacial score (nSPS) is 14.1. The van der Waals surface area contributed by atoms with E-state index in [0.29, 0.717) is 17.9 Å². The molecule has 15 heteroatoms. The van der Waals surface area contributed by atoms with Gasteiger partial charge in [0, 0.05) is 24.9 Å². The molecule has 3 amide bonds. The van der Waals surface area contributed by atoms with E-state index in [9.17, 15) is 24.3 Å². The highest BCUT2D eigenvalue weighted by Crippen LogP contribution is 2.04. The molecule has 0 radical (unpaired) electrons. The maximum Gasteiger partial charge on any atom is 0.326 e. The molecule has 4 unspecified atom stereocenters. The number of rotatable bonds is 16. The first-order chi connectivity index (χ1) is 16.5. The molecule has 0 spiro atoms. The van der Waals surface area contributed by atoms with Crippen molar-refractivity contribution in [3.63, 3.8) is 0 Å². The molecule has 0 aliphatic rings. The highest BCUT2D eigenvalue weighted by atomic mass is 32.2. The van der Waals surface area contributed by atoms with Crippen LogP contribution >= 0.6 is 11.8 Å². The Labute approximate surface area is 207 Å². The molecule has 0 aliphatic heterocycles. The van der Waals surface area contributed by atoms with Gasteiger partial charge < -0.3 is 43.2 Å². The number of hydrogen-bond acceptors (Lipinski definition) is 8. The van der Waals surface area contributed by atoms with Crippen LogP contribution in [0.15, 0.2) is 17.5 Å². The molecule has 4 atom stereocenters. The highest BCUT2D eigenvalue weighted by molar-refractivity contribution is 7.98. The molecule has 14 nitrogen and oxygen atoms in total. The van der Waals surface area contributed by atoms with Gasteiger partial charge in [-0.3, -0.25) is 19.4 Å². The first-order valence-corrected chi connectivity index (χ1v) is 12.4. The van der Waals surface area contributed by atoms with Crippen LogP contribution in [0.3, 0.4) is 0 Å². The van der Waals surface area contributed by atoms with Crippen molar-refractivity contribution in [2.75, 3.05) is 18.6 Å². The van der Waals surface area contributed by atoms with Crippen molar-refractivity contribution >= 4 is 41.4 Å². The van der Waals surface area contributed by atoms with E-state index in [1.54, 1.807) is 0 Å². The Balaban J connectivity index is 2.79. The quantitative estimate of drug-likeness (QED) is 0.0664. The second kappa shape index (κ2) is 15.5. The fourth-order valence-corrected chi connectivity index (χ4v) is 3.42. The van der Waals surface area contributed by atoms with Crippen molar-refractivity contribution in [2.45, 2.75) is 56.8 Å². The van der Waals surface area contributed by atoms with Crippen LogP contribution in [0.2, 0.25) is 0 Å². The van der Waals surface area contributed by atoms with Crippen molar-refractivity contribution in [3.05, 3.63) is 18.2 Å². The van der Waals surface area contributed by atoms with Gasteiger partial charge in [-0.1, -0.05) is 0 Å². The van der Waals surface area contributed by atoms with Crippen molar-refractivity contribution in [2.24, 2.45) is 22.2 Å². The number of nitrogens with two attached hydrogens (primary N) is 3. The number of carboxylic acid groups (broad SMARTS) is 1. The van der Waals surface area contributed by atoms with Gasteiger partial charge in [0.2, 0.25) is 17.7 Å². The standard InChI is InChI=1S/C20H35N9O5S/c1-11(16(30)29-15(19(33)34)5-7-35-2)27-18(32)14(4-3-6-25-20(22)23)28-17(31)13(21)8-12-9-24-10-26-12/h9-11,13-15H,3-8,21H2,1-2H3,(H,24,26)(H,27,32)(H,28,31)(H,29,30)(H,33,34)(H4,22,23,25). The molecule has 11 N–H and O–H groups in total. The third-order valence-electron chi connectivity index (χ3n) is 4.89. The Kier molecular flexibility index (Phi) is 13.2. The number of aliphatic imine (C=N–C) groups is 1. The van der Waals surface area contributed by atoms with Crippen molar-refractivity contribution in [1.82, 2.24) is 25.9 Å². The van der Waals surface area contributed by atoms with E-state index in [4.69, 9.17) is 17.2 Å². The summed E-state index contributed by atoms with van der Waals surface area (Å²) in [6.07, 6.45) is 5.78. The Morgan fingerprint density at radius 3 is 2.37 bits per heavy atom. The van der Waals surface area contributed by atoms with E-state index in [1.807, 2.05) is 6.26 Å². The van der Waals surface area contributed by atoms with Gasteiger partial charge in [-0.2, -0.15) is 11.8 Å². The fourth-order valence-electron chi connectivity index (χ4n) is 2.95. The number of imidazole rings is 1. The summed E-state index contributed by atoms with van der Waals surface area (Å²) in [6.45, 7) is 1.65. The van der Waals surface area contributed by atoms with Crippen LogP contribution in [0, 0.1) is 0 Å². The summed E-state index contributed by atoms with van der Waals surface area (Å²) in [5, 5.41) is 16.8. The van der Waals surface area contributed by atoms with Gasteiger partial charge in [-0.15, -0.1) is 0 Å². The molecule has 0 fully saturated rings. The number of aliphatic carboxylic acids is 1. The maximum atomic E-state index is 12.9. The Morgan fingerprint density at radius 2 is 1.80 bits per heavy atom. The molecule has 1 aromatic heterocycles. The number of carboxylic acids is 1. The predicted octanol–water partition coefficient (Wildman–Crippen LogP) is -2.35. The van der Waals surface area contributed by atoms with Crippen LogP contribution in [0.25, 0.3) is 0 Å². The van der Waals surface area contributed by atoms with Crippen LogP contribution in [0.5, 0.6) is 0 Å². The lowest BCUT2D eigenvalue weighted by Gasteiger charge is -2.23. The lowest BCUT2D eigenvalue weighted by molar-refractivity contribution is -0.142. The molecule has 0 saturated carbocycles. The number of guanidine groups is 1. The molecule has 196 valence electrons. The van der Waals surface area contributed by atoms with Crippen LogP contribution in [0.4, 0.5) is 0 Å². The number of carbonyl (C=O) groups excluding carboxylic acids is 3. The van der Waals surface area contributed by atoms with Crippen molar-refractivity contribution in [3.8, 4) is 0 Å². The van der Waals surface area contributed by atoms with E-state index in [2.05, 4.69) is 30.9 Å². The third kappa shape index (κ3) is 11.6. The summed E-state index contributed by atoms with van der Waals surface area (Å²) < 4.78 is 0. The fraction of sp³-hybridized carbons (Fsp3) is 0.600. The molecular formula is C20H35N9O5S. The molecule has 1 rings (SSSR count). The molecule has 0 bridgehead atoms. The predicted molar refractivity (Wildman–Crippen MR) is 132 cm³/mol. The van der Waals surface area contributed by atoms with Gasteiger partial charge in [0.15, 0.2) is 5.96 Å². The summed E-state index contributed by atoms with van der Waals surface area (Å²) in [5.74, 6) is -2.58. The van der Waals surface area contributed by atoms with Gasteiger partial charge in [0.05, 0.1) is 12.4 Å². The van der Waals surface area contributed by atoms with Gasteiger partial charge in [0.1, 0.15) is 18.1 Å². The minimum absolute atomic E-state index is 0.101. The number of nitrogens with one attached hydrogen (secondary N) is 4. The smallest absolute Gasteiger partial charge is 0.326 e. The molecule has 0 saturated heterocycles. The van der Waals surface area contributed by atoms with E-state index in [-0.39, 0.29) is 31.8 Å². The zero-order valence-electron chi connectivity index (χ0n) is 19.8. The minimum atomic E-state index is -1.16. The van der Waals surface area contributed by atoms with Gasteiger partial charge in [-0.25, -0.2) is 9.78 Å². The SMILES string of the molecule is CSCCC(NC(=O)C(C)NC(=O)C(CCCN=C(N)N)NC(=O)C(N)Cc1cnc[nH]1)C(=O)O. The van der Waals surface area contributed by atoms with Crippen molar-refractivity contribution < 1.29 is 24.3 Å². The number of amides is 3. The maximum absolute atomic E-state index is 12.9. The molecule has 1 aromatic rings.